The van der Waals surface area contributed by atoms with E-state index in [0.29, 0.717) is 6.54 Å². The van der Waals surface area contributed by atoms with E-state index in [9.17, 15) is 10.2 Å². The zero-order chi connectivity index (χ0) is 27.2. The molecular formula is C27H41N3O7. The Bertz CT molecular complexity index is 976. The van der Waals surface area contributed by atoms with E-state index in [1.165, 1.54) is 32.1 Å². The van der Waals surface area contributed by atoms with Gasteiger partial charge in [-0.25, -0.2) is 9.59 Å². The second kappa shape index (κ2) is 16.1. The lowest BCUT2D eigenvalue weighted by molar-refractivity contribution is -0.159. The first-order valence-corrected chi connectivity index (χ1v) is 12.9. The Balaban J connectivity index is 0.000000717. The van der Waals surface area contributed by atoms with Gasteiger partial charge in [-0.05, 0) is 49.2 Å². The molecule has 10 nitrogen and oxygen atoms in total. The highest BCUT2D eigenvalue weighted by Gasteiger charge is 2.28. The number of aliphatic carboxylic acids is 2. The number of methoxy groups -OCH3 is 1. The lowest BCUT2D eigenvalue weighted by atomic mass is 10.0. The summed E-state index contributed by atoms with van der Waals surface area (Å²) in [6.07, 6.45) is 8.37. The fourth-order valence-electron chi connectivity index (χ4n) is 4.65. The number of piperazine rings is 1. The Hall–Kier alpha value is -2.79. The van der Waals surface area contributed by atoms with Gasteiger partial charge in [0.2, 0.25) is 0 Å². The number of carboxylic acid groups (broad SMARTS) is 2. The smallest absolute Gasteiger partial charge is 0.414 e. The van der Waals surface area contributed by atoms with Crippen LogP contribution in [-0.2, 0) is 9.59 Å². The molecule has 0 radical (unpaired) electrons. The third kappa shape index (κ3) is 9.88. The molecule has 2 heterocycles. The van der Waals surface area contributed by atoms with Crippen molar-refractivity contribution < 1.29 is 34.8 Å². The summed E-state index contributed by atoms with van der Waals surface area (Å²) in [4.78, 5) is 27.5. The highest BCUT2D eigenvalue weighted by Crippen LogP contribution is 2.28. The van der Waals surface area contributed by atoms with Gasteiger partial charge in [-0.2, -0.15) is 0 Å². The van der Waals surface area contributed by atoms with Crippen molar-refractivity contribution in [2.75, 3.05) is 46.4 Å². The first kappa shape index (κ1) is 30.4. The van der Waals surface area contributed by atoms with Crippen LogP contribution in [-0.4, -0.2) is 99.6 Å². The summed E-state index contributed by atoms with van der Waals surface area (Å²) in [5.74, 6) is -2.88. The lowest BCUT2D eigenvalue weighted by Crippen LogP contribution is -2.54. The largest absolute Gasteiger partial charge is 0.497 e. The van der Waals surface area contributed by atoms with E-state index in [-0.39, 0.29) is 12.6 Å². The predicted octanol–water partition coefficient (Wildman–Crippen LogP) is 2.77. The highest BCUT2D eigenvalue weighted by molar-refractivity contribution is 6.27. The van der Waals surface area contributed by atoms with E-state index < -0.39 is 18.0 Å². The van der Waals surface area contributed by atoms with Crippen LogP contribution in [0.15, 0.2) is 30.5 Å². The maximum Gasteiger partial charge on any atom is 0.414 e. The van der Waals surface area contributed by atoms with E-state index in [1.54, 1.807) is 13.3 Å². The van der Waals surface area contributed by atoms with Crippen LogP contribution in [0.3, 0.4) is 0 Å². The van der Waals surface area contributed by atoms with Crippen molar-refractivity contribution in [1.82, 2.24) is 14.8 Å². The number of rotatable bonds is 12. The fraction of sp³-hybridized carbons (Fsp3) is 0.593. The summed E-state index contributed by atoms with van der Waals surface area (Å²) >= 11 is 0. The minimum absolute atomic E-state index is 0.178. The molecule has 2 unspecified atom stereocenters. The Morgan fingerprint density at radius 1 is 1.11 bits per heavy atom. The van der Waals surface area contributed by atoms with E-state index in [0.717, 1.165) is 54.8 Å². The molecule has 2 atom stereocenters. The molecule has 37 heavy (non-hydrogen) atoms. The number of fused-ring (bicyclic) bond motifs is 1. The van der Waals surface area contributed by atoms with E-state index in [2.05, 4.69) is 21.7 Å². The molecule has 10 heteroatoms. The Morgan fingerprint density at radius 3 is 2.49 bits per heavy atom. The number of ether oxygens (including phenoxy) is 1. The van der Waals surface area contributed by atoms with Crippen LogP contribution >= 0.6 is 0 Å². The topological polar surface area (TPSA) is 144 Å². The zero-order valence-corrected chi connectivity index (χ0v) is 21.9. The number of pyridine rings is 1. The molecule has 1 saturated heterocycles. The van der Waals surface area contributed by atoms with Gasteiger partial charge in [0, 0.05) is 50.4 Å². The molecule has 0 bridgehead atoms. The van der Waals surface area contributed by atoms with Crippen LogP contribution in [0.5, 0.6) is 5.75 Å². The third-order valence-electron chi connectivity index (χ3n) is 6.66. The van der Waals surface area contributed by atoms with E-state index in [1.807, 2.05) is 24.3 Å². The predicted molar refractivity (Wildman–Crippen MR) is 141 cm³/mol. The maximum atomic E-state index is 11.1. The van der Waals surface area contributed by atoms with Crippen LogP contribution in [0, 0.1) is 0 Å². The zero-order valence-electron chi connectivity index (χ0n) is 21.9. The number of aromatic nitrogens is 1. The number of nitrogens with zero attached hydrogens (tertiary/aromatic N) is 3. The molecule has 0 saturated carbocycles. The van der Waals surface area contributed by atoms with Crippen LogP contribution in [0.1, 0.15) is 57.1 Å². The van der Waals surface area contributed by atoms with Gasteiger partial charge >= 0.3 is 11.9 Å². The number of hydrogen-bond donors (Lipinski definition) is 4. The first-order chi connectivity index (χ1) is 17.8. The van der Waals surface area contributed by atoms with Gasteiger partial charge in [-0.15, -0.1) is 0 Å². The molecule has 0 amide bonds. The summed E-state index contributed by atoms with van der Waals surface area (Å²) in [7, 11) is 1.65. The molecular weight excluding hydrogens is 478 g/mol. The van der Waals surface area contributed by atoms with Crippen molar-refractivity contribution in [3.8, 4) is 5.75 Å². The molecule has 1 aromatic carbocycles. The minimum atomic E-state index is -1.82. The van der Waals surface area contributed by atoms with Crippen molar-refractivity contribution in [2.24, 2.45) is 0 Å². The molecule has 1 aliphatic heterocycles. The number of unbranched alkanes of at least 4 members (excludes halogenated alkanes) is 4. The Kier molecular flexibility index (Phi) is 13.3. The highest BCUT2D eigenvalue weighted by atomic mass is 16.5. The van der Waals surface area contributed by atoms with Gasteiger partial charge in [0.25, 0.3) is 0 Å². The normalized spacial score (nSPS) is 17.1. The second-order valence-electron chi connectivity index (χ2n) is 9.29. The summed E-state index contributed by atoms with van der Waals surface area (Å²) in [6.45, 7) is 7.03. The van der Waals surface area contributed by atoms with E-state index >= 15 is 0 Å². The van der Waals surface area contributed by atoms with Crippen LogP contribution in [0.25, 0.3) is 10.9 Å². The Morgan fingerprint density at radius 2 is 1.84 bits per heavy atom. The van der Waals surface area contributed by atoms with Gasteiger partial charge in [0.05, 0.1) is 18.7 Å². The standard InChI is InChI=1S/C25H39N3O3.C2H2O4/c1-3-4-5-6-7-13-27-14-15-28(20(18-27)11-16-29)19-25(30)22-10-12-26-24-9-8-21(31-2)17-23(22)24;3-1(4)2(5)6/h8-10,12,17,20,25,29-30H,3-7,11,13-16,18-19H2,1-2H3;(H,3,4)(H,5,6). The number of hydrogen-bond acceptors (Lipinski definition) is 8. The molecule has 3 rings (SSSR count). The molecule has 206 valence electrons. The van der Waals surface area contributed by atoms with Crippen molar-refractivity contribution >= 4 is 22.8 Å². The SMILES string of the molecule is CCCCCCCN1CCN(CC(O)c2ccnc3ccc(OC)cc23)C(CCO)C1.O=C(O)C(=O)O. The number of β-amino-alcohol motifs (C(OH)–C–C–N with tert-alkyl or cyclic N) is 1. The Labute approximate surface area is 218 Å². The average molecular weight is 520 g/mol. The lowest BCUT2D eigenvalue weighted by Gasteiger charge is -2.42. The molecule has 1 fully saturated rings. The quantitative estimate of drug-likeness (QED) is 0.244. The number of carboxylic acids is 2. The summed E-state index contributed by atoms with van der Waals surface area (Å²) in [6, 6.07) is 7.94. The van der Waals surface area contributed by atoms with Crippen molar-refractivity contribution in [2.45, 2.75) is 57.6 Å². The number of aliphatic hydroxyl groups excluding tert-OH is 2. The molecule has 0 aliphatic carbocycles. The average Bonchev–Trinajstić information content (AvgIpc) is 2.89. The molecule has 1 aliphatic rings. The number of aliphatic hydroxyl groups is 2. The van der Waals surface area contributed by atoms with Gasteiger partial charge in [-0.1, -0.05) is 32.6 Å². The van der Waals surface area contributed by atoms with E-state index in [4.69, 9.17) is 24.5 Å². The summed E-state index contributed by atoms with van der Waals surface area (Å²) in [5, 5.41) is 36.5. The van der Waals surface area contributed by atoms with Gasteiger partial charge in [0.1, 0.15) is 5.75 Å². The van der Waals surface area contributed by atoms with Gasteiger partial charge in [0.15, 0.2) is 0 Å². The fourth-order valence-corrected chi connectivity index (χ4v) is 4.65. The van der Waals surface area contributed by atoms with Crippen molar-refractivity contribution in [3.63, 3.8) is 0 Å². The number of carbonyl (C=O) groups is 2. The number of benzene rings is 1. The van der Waals surface area contributed by atoms with Crippen LogP contribution < -0.4 is 4.74 Å². The van der Waals surface area contributed by atoms with Crippen LogP contribution in [0.4, 0.5) is 0 Å². The first-order valence-electron chi connectivity index (χ1n) is 12.9. The third-order valence-corrected chi connectivity index (χ3v) is 6.66. The second-order valence-corrected chi connectivity index (χ2v) is 9.29. The monoisotopic (exact) mass is 519 g/mol. The molecule has 1 aromatic heterocycles. The molecule has 2 aromatic rings. The summed E-state index contributed by atoms with van der Waals surface area (Å²) < 4.78 is 5.37. The molecule has 4 N–H and O–H groups in total. The van der Waals surface area contributed by atoms with Gasteiger partial charge < -0.3 is 30.1 Å². The minimum Gasteiger partial charge on any atom is -0.497 e. The molecule has 0 spiro atoms. The van der Waals surface area contributed by atoms with Crippen LogP contribution in [0.2, 0.25) is 0 Å². The van der Waals surface area contributed by atoms with Gasteiger partial charge in [-0.3, -0.25) is 9.88 Å². The summed E-state index contributed by atoms with van der Waals surface area (Å²) in [5.41, 5.74) is 1.74. The maximum absolute atomic E-state index is 11.1. The van der Waals surface area contributed by atoms with Crippen molar-refractivity contribution in [1.29, 1.82) is 0 Å². The van der Waals surface area contributed by atoms with Crippen molar-refractivity contribution in [3.05, 3.63) is 36.0 Å².